The second kappa shape index (κ2) is 9.16. The van der Waals surface area contributed by atoms with Crippen LogP contribution in [0.1, 0.15) is 43.7 Å². The van der Waals surface area contributed by atoms with Crippen LogP contribution in [0, 0.1) is 0 Å². The average Bonchev–Trinajstić information content (AvgIpc) is 2.54. The molecule has 1 aromatic carbocycles. The predicted octanol–water partition coefficient (Wildman–Crippen LogP) is 4.01. The molecule has 1 aliphatic heterocycles. The van der Waals surface area contributed by atoms with Crippen LogP contribution in [0.2, 0.25) is 0 Å². The molecule has 1 aromatic rings. The first-order valence-corrected chi connectivity index (χ1v) is 8.63. The molecule has 0 aliphatic carbocycles. The summed E-state index contributed by atoms with van der Waals surface area (Å²) in [6, 6.07) is 9.01. The van der Waals surface area contributed by atoms with Crippen molar-refractivity contribution in [2.45, 2.75) is 45.4 Å². The Bertz CT molecular complexity index is 423. The Morgan fingerprint density at radius 2 is 1.71 bits per heavy atom. The molecular weight excluding hydrogens is 278 g/mol. The molecule has 1 aliphatic rings. The number of unbranched alkanes of at least 4 members (excludes halogenated alkanes) is 3. The Labute approximate surface area is 134 Å². The number of rotatable bonds is 7. The van der Waals surface area contributed by atoms with Crippen LogP contribution in [0.5, 0.6) is 0 Å². The monoisotopic (exact) mass is 305 g/mol. The SMILES string of the molecule is CCCCCCc1ccc(CC(=S)N2CCOCC2)cc1. The van der Waals surface area contributed by atoms with E-state index in [0.29, 0.717) is 0 Å². The lowest BCUT2D eigenvalue weighted by Crippen LogP contribution is -2.40. The molecule has 116 valence electrons. The molecule has 0 unspecified atom stereocenters. The van der Waals surface area contributed by atoms with Gasteiger partial charge in [-0.1, -0.05) is 62.7 Å². The molecule has 2 rings (SSSR count). The van der Waals surface area contributed by atoms with Crippen LogP contribution >= 0.6 is 12.2 Å². The van der Waals surface area contributed by atoms with Crippen molar-refractivity contribution in [2.75, 3.05) is 26.3 Å². The van der Waals surface area contributed by atoms with Gasteiger partial charge in [-0.15, -0.1) is 0 Å². The standard InChI is InChI=1S/C18H27NOS/c1-2-3-4-5-6-16-7-9-17(10-8-16)15-18(21)19-11-13-20-14-12-19/h7-10H,2-6,11-15H2,1H3. The summed E-state index contributed by atoms with van der Waals surface area (Å²) in [7, 11) is 0. The quantitative estimate of drug-likeness (QED) is 0.558. The minimum atomic E-state index is 0.802. The van der Waals surface area contributed by atoms with Gasteiger partial charge < -0.3 is 9.64 Å². The van der Waals surface area contributed by atoms with Gasteiger partial charge in [-0.25, -0.2) is 0 Å². The number of benzene rings is 1. The molecule has 0 N–H and O–H groups in total. The minimum Gasteiger partial charge on any atom is -0.378 e. The van der Waals surface area contributed by atoms with E-state index >= 15 is 0 Å². The zero-order chi connectivity index (χ0) is 14.9. The smallest absolute Gasteiger partial charge is 0.0825 e. The number of morpholine rings is 1. The Balaban J connectivity index is 1.77. The Morgan fingerprint density at radius 3 is 2.38 bits per heavy atom. The van der Waals surface area contributed by atoms with E-state index < -0.39 is 0 Å². The maximum atomic E-state index is 5.56. The summed E-state index contributed by atoms with van der Waals surface area (Å²) >= 11 is 5.56. The van der Waals surface area contributed by atoms with E-state index in [-0.39, 0.29) is 0 Å². The third-order valence-corrected chi connectivity index (χ3v) is 4.46. The molecule has 0 spiro atoms. The van der Waals surface area contributed by atoms with Gasteiger partial charge in [0, 0.05) is 19.5 Å². The van der Waals surface area contributed by atoms with Gasteiger partial charge >= 0.3 is 0 Å². The van der Waals surface area contributed by atoms with E-state index in [0.717, 1.165) is 37.7 Å². The van der Waals surface area contributed by atoms with E-state index in [9.17, 15) is 0 Å². The fourth-order valence-electron chi connectivity index (χ4n) is 2.68. The number of nitrogens with zero attached hydrogens (tertiary/aromatic N) is 1. The molecular formula is C18H27NOS. The van der Waals surface area contributed by atoms with Gasteiger partial charge in [-0.05, 0) is 24.0 Å². The lowest BCUT2D eigenvalue weighted by Gasteiger charge is -2.29. The second-order valence-corrected chi connectivity index (χ2v) is 6.27. The van der Waals surface area contributed by atoms with Gasteiger partial charge in [0.25, 0.3) is 0 Å². The summed E-state index contributed by atoms with van der Waals surface area (Å²) in [5.41, 5.74) is 2.77. The van der Waals surface area contributed by atoms with Crippen molar-refractivity contribution in [1.82, 2.24) is 4.90 Å². The maximum Gasteiger partial charge on any atom is 0.0825 e. The van der Waals surface area contributed by atoms with Crippen molar-refractivity contribution in [3.63, 3.8) is 0 Å². The van der Waals surface area contributed by atoms with Crippen LogP contribution < -0.4 is 0 Å². The van der Waals surface area contributed by atoms with E-state index in [2.05, 4.69) is 36.1 Å². The van der Waals surface area contributed by atoms with E-state index in [1.54, 1.807) is 0 Å². The van der Waals surface area contributed by atoms with Crippen molar-refractivity contribution in [2.24, 2.45) is 0 Å². The van der Waals surface area contributed by atoms with Gasteiger partial charge in [0.2, 0.25) is 0 Å². The molecule has 0 atom stereocenters. The van der Waals surface area contributed by atoms with E-state index in [4.69, 9.17) is 17.0 Å². The second-order valence-electron chi connectivity index (χ2n) is 5.80. The van der Waals surface area contributed by atoms with Crippen LogP contribution in [-0.2, 0) is 17.6 Å². The van der Waals surface area contributed by atoms with Crippen molar-refractivity contribution in [1.29, 1.82) is 0 Å². The predicted molar refractivity (Wildman–Crippen MR) is 93.0 cm³/mol. The first kappa shape index (κ1) is 16.4. The highest BCUT2D eigenvalue weighted by molar-refractivity contribution is 7.80. The first-order valence-electron chi connectivity index (χ1n) is 8.23. The van der Waals surface area contributed by atoms with E-state index in [1.165, 1.54) is 43.2 Å². The summed E-state index contributed by atoms with van der Waals surface area (Å²) < 4.78 is 5.37. The lowest BCUT2D eigenvalue weighted by molar-refractivity contribution is 0.0685. The number of ether oxygens (including phenoxy) is 1. The fraction of sp³-hybridized carbons (Fsp3) is 0.611. The molecule has 0 aromatic heterocycles. The lowest BCUT2D eigenvalue weighted by atomic mass is 10.0. The first-order chi connectivity index (χ1) is 10.3. The molecule has 0 saturated carbocycles. The third-order valence-electron chi connectivity index (χ3n) is 4.06. The molecule has 0 amide bonds. The summed E-state index contributed by atoms with van der Waals surface area (Å²) in [6.07, 6.45) is 7.39. The Morgan fingerprint density at radius 1 is 1.05 bits per heavy atom. The van der Waals surface area contributed by atoms with Gasteiger partial charge in [-0.2, -0.15) is 0 Å². The average molecular weight is 305 g/mol. The number of thiocarbonyl (C=S) groups is 1. The van der Waals surface area contributed by atoms with Gasteiger partial charge in [-0.3, -0.25) is 0 Å². The fourth-order valence-corrected chi connectivity index (χ4v) is 3.03. The molecule has 0 radical (unpaired) electrons. The maximum absolute atomic E-state index is 5.56. The third kappa shape index (κ3) is 5.76. The van der Waals surface area contributed by atoms with Crippen molar-refractivity contribution < 1.29 is 4.74 Å². The minimum absolute atomic E-state index is 0.802. The molecule has 0 bridgehead atoms. The van der Waals surface area contributed by atoms with Crippen molar-refractivity contribution in [3.05, 3.63) is 35.4 Å². The highest BCUT2D eigenvalue weighted by atomic mass is 32.1. The number of hydrogen-bond donors (Lipinski definition) is 0. The highest BCUT2D eigenvalue weighted by Gasteiger charge is 2.13. The van der Waals surface area contributed by atoms with Crippen LogP contribution in [0.3, 0.4) is 0 Å². The normalized spacial score (nSPS) is 15.2. The van der Waals surface area contributed by atoms with Gasteiger partial charge in [0.1, 0.15) is 0 Å². The summed E-state index contributed by atoms with van der Waals surface area (Å²) in [6.45, 7) is 5.74. The molecule has 1 saturated heterocycles. The Kier molecular flexibility index (Phi) is 7.17. The largest absolute Gasteiger partial charge is 0.378 e. The topological polar surface area (TPSA) is 12.5 Å². The summed E-state index contributed by atoms with van der Waals surface area (Å²) in [5.74, 6) is 0. The summed E-state index contributed by atoms with van der Waals surface area (Å²) in [5, 5.41) is 0. The van der Waals surface area contributed by atoms with Crippen LogP contribution in [0.25, 0.3) is 0 Å². The van der Waals surface area contributed by atoms with E-state index in [1.807, 2.05) is 0 Å². The Hall–Kier alpha value is -0.930. The molecule has 1 fully saturated rings. The molecule has 3 heteroatoms. The summed E-state index contributed by atoms with van der Waals surface area (Å²) in [4.78, 5) is 3.33. The van der Waals surface area contributed by atoms with Crippen LogP contribution in [-0.4, -0.2) is 36.2 Å². The zero-order valence-corrected chi connectivity index (χ0v) is 14.0. The van der Waals surface area contributed by atoms with Gasteiger partial charge in [0.15, 0.2) is 0 Å². The van der Waals surface area contributed by atoms with Gasteiger partial charge in [0.05, 0.1) is 18.2 Å². The molecule has 1 heterocycles. The molecule has 21 heavy (non-hydrogen) atoms. The number of hydrogen-bond acceptors (Lipinski definition) is 2. The molecule has 2 nitrogen and oxygen atoms in total. The van der Waals surface area contributed by atoms with Crippen molar-refractivity contribution >= 4 is 17.2 Å². The van der Waals surface area contributed by atoms with Crippen LogP contribution in [0.15, 0.2) is 24.3 Å². The highest BCUT2D eigenvalue weighted by Crippen LogP contribution is 2.12. The van der Waals surface area contributed by atoms with Crippen molar-refractivity contribution in [3.8, 4) is 0 Å². The zero-order valence-electron chi connectivity index (χ0n) is 13.1. The number of aryl methyl sites for hydroxylation is 1. The van der Waals surface area contributed by atoms with Crippen LogP contribution in [0.4, 0.5) is 0 Å².